The molecule has 0 unspecified atom stereocenters. The zero-order valence-corrected chi connectivity index (χ0v) is 6.33. The molecule has 3 heteroatoms. The van der Waals surface area contributed by atoms with Crippen LogP contribution in [0, 0.1) is 0 Å². The van der Waals surface area contributed by atoms with Crippen LogP contribution in [0.25, 0.3) is 11.0 Å². The van der Waals surface area contributed by atoms with Gasteiger partial charge in [0, 0.05) is 11.6 Å². The van der Waals surface area contributed by atoms with Crippen molar-refractivity contribution >= 4 is 11.0 Å². The van der Waals surface area contributed by atoms with E-state index in [1.165, 1.54) is 10.9 Å². The molecule has 0 aliphatic carbocycles. The van der Waals surface area contributed by atoms with Gasteiger partial charge in [-0.05, 0) is 18.1 Å². The van der Waals surface area contributed by atoms with Gasteiger partial charge in [0.05, 0.1) is 6.20 Å². The molecule has 11 heavy (non-hydrogen) atoms. The zero-order chi connectivity index (χ0) is 7.68. The van der Waals surface area contributed by atoms with Crippen LogP contribution in [0.3, 0.4) is 0 Å². The summed E-state index contributed by atoms with van der Waals surface area (Å²) in [7, 11) is 0. The molecule has 2 aromatic rings. The van der Waals surface area contributed by atoms with Crippen molar-refractivity contribution in [3.05, 3.63) is 24.0 Å². The predicted octanol–water partition coefficient (Wildman–Crippen LogP) is 1.52. The molecule has 0 saturated carbocycles. The molecule has 0 aromatic carbocycles. The van der Waals surface area contributed by atoms with Crippen LogP contribution in [0.2, 0.25) is 0 Å². The second-order valence-corrected chi connectivity index (χ2v) is 2.46. The molecule has 0 fully saturated rings. The summed E-state index contributed by atoms with van der Waals surface area (Å²) >= 11 is 0. The fraction of sp³-hybridized carbons (Fsp3) is 0.250. The first-order valence-electron chi connectivity index (χ1n) is 3.69. The average Bonchev–Trinajstić information content (AvgIpc) is 2.47. The number of aromatic amines is 1. The third-order valence-corrected chi connectivity index (χ3v) is 1.83. The molecular formula is C8H9N3. The van der Waals surface area contributed by atoms with E-state index < -0.39 is 0 Å². The Bertz CT molecular complexity index is 364. The molecule has 2 rings (SSSR count). The summed E-state index contributed by atoms with van der Waals surface area (Å²) < 4.78 is 0. The number of nitrogens with one attached hydrogen (secondary N) is 1. The van der Waals surface area contributed by atoms with E-state index in [4.69, 9.17) is 0 Å². The lowest BCUT2D eigenvalue weighted by atomic mass is 10.2. The van der Waals surface area contributed by atoms with Gasteiger partial charge in [-0.15, -0.1) is 5.10 Å². The molecule has 0 bridgehead atoms. The highest BCUT2D eigenvalue weighted by Crippen LogP contribution is 2.14. The lowest BCUT2D eigenvalue weighted by Gasteiger charge is -1.89. The summed E-state index contributed by atoms with van der Waals surface area (Å²) in [5.41, 5.74) is 2.18. The molecule has 0 amide bonds. The van der Waals surface area contributed by atoms with Gasteiger partial charge in [-0.2, -0.15) is 5.10 Å². The van der Waals surface area contributed by atoms with Crippen LogP contribution in [-0.2, 0) is 6.42 Å². The lowest BCUT2D eigenvalue weighted by Crippen LogP contribution is -1.80. The molecule has 0 radical (unpaired) electrons. The molecule has 56 valence electrons. The van der Waals surface area contributed by atoms with Gasteiger partial charge < -0.3 is 4.98 Å². The van der Waals surface area contributed by atoms with Crippen LogP contribution in [0.15, 0.2) is 18.5 Å². The van der Waals surface area contributed by atoms with E-state index in [1.54, 1.807) is 6.20 Å². The Labute approximate surface area is 64.5 Å². The van der Waals surface area contributed by atoms with Gasteiger partial charge in [0.2, 0.25) is 0 Å². The van der Waals surface area contributed by atoms with E-state index in [9.17, 15) is 0 Å². The number of hydrogen-bond acceptors (Lipinski definition) is 2. The van der Waals surface area contributed by atoms with E-state index in [1.807, 2.05) is 12.3 Å². The number of hydrogen-bond donors (Lipinski definition) is 1. The van der Waals surface area contributed by atoms with E-state index >= 15 is 0 Å². The number of fused-ring (bicyclic) bond motifs is 1. The second kappa shape index (κ2) is 2.34. The largest absolute Gasteiger partial charge is 0.344 e. The minimum absolute atomic E-state index is 0.879. The number of aromatic nitrogens is 3. The van der Waals surface area contributed by atoms with Crippen molar-refractivity contribution in [2.45, 2.75) is 13.3 Å². The Morgan fingerprint density at radius 2 is 2.45 bits per heavy atom. The second-order valence-electron chi connectivity index (χ2n) is 2.46. The van der Waals surface area contributed by atoms with Crippen LogP contribution in [-0.4, -0.2) is 15.2 Å². The van der Waals surface area contributed by atoms with Gasteiger partial charge in [-0.25, -0.2) is 0 Å². The standard InChI is InChI=1S/C8H9N3/c1-2-6-5-9-8-7(6)3-4-10-11-8/h3-5H,2H2,1H3,(H,9,11). The number of H-pyrrole nitrogens is 1. The Morgan fingerprint density at radius 3 is 3.27 bits per heavy atom. The minimum atomic E-state index is 0.879. The summed E-state index contributed by atoms with van der Waals surface area (Å²) in [5.74, 6) is 0. The highest BCUT2D eigenvalue weighted by Gasteiger charge is 2.00. The Balaban J connectivity index is 2.76. The maximum absolute atomic E-state index is 3.94. The van der Waals surface area contributed by atoms with Crippen LogP contribution in [0.1, 0.15) is 12.5 Å². The van der Waals surface area contributed by atoms with Crippen molar-refractivity contribution in [2.24, 2.45) is 0 Å². The van der Waals surface area contributed by atoms with E-state index in [0.29, 0.717) is 0 Å². The van der Waals surface area contributed by atoms with Crippen molar-refractivity contribution in [3.63, 3.8) is 0 Å². The van der Waals surface area contributed by atoms with Crippen molar-refractivity contribution in [3.8, 4) is 0 Å². The Kier molecular flexibility index (Phi) is 1.35. The predicted molar refractivity (Wildman–Crippen MR) is 43.3 cm³/mol. The quantitative estimate of drug-likeness (QED) is 0.664. The molecule has 2 heterocycles. The maximum Gasteiger partial charge on any atom is 0.160 e. The zero-order valence-electron chi connectivity index (χ0n) is 6.33. The van der Waals surface area contributed by atoms with E-state index in [-0.39, 0.29) is 0 Å². The Morgan fingerprint density at radius 1 is 1.55 bits per heavy atom. The summed E-state index contributed by atoms with van der Waals surface area (Å²) in [6.07, 6.45) is 4.74. The number of aryl methyl sites for hydroxylation is 1. The first kappa shape index (κ1) is 6.34. The first-order valence-corrected chi connectivity index (χ1v) is 3.69. The van der Waals surface area contributed by atoms with E-state index in [2.05, 4.69) is 22.1 Å². The number of rotatable bonds is 1. The van der Waals surface area contributed by atoms with Gasteiger partial charge >= 0.3 is 0 Å². The monoisotopic (exact) mass is 147 g/mol. The number of nitrogens with zero attached hydrogens (tertiary/aromatic N) is 2. The maximum atomic E-state index is 3.94. The molecule has 0 aliphatic heterocycles. The third kappa shape index (κ3) is 0.888. The first-order chi connectivity index (χ1) is 5.42. The van der Waals surface area contributed by atoms with Crippen LogP contribution >= 0.6 is 0 Å². The van der Waals surface area contributed by atoms with Crippen LogP contribution in [0.5, 0.6) is 0 Å². The molecule has 3 nitrogen and oxygen atoms in total. The van der Waals surface area contributed by atoms with Crippen molar-refractivity contribution in [2.75, 3.05) is 0 Å². The van der Waals surface area contributed by atoms with Crippen molar-refractivity contribution < 1.29 is 0 Å². The summed E-state index contributed by atoms with van der Waals surface area (Å²) in [4.78, 5) is 3.07. The highest BCUT2D eigenvalue weighted by molar-refractivity contribution is 5.78. The van der Waals surface area contributed by atoms with Crippen LogP contribution in [0.4, 0.5) is 0 Å². The fourth-order valence-electron chi connectivity index (χ4n) is 1.22. The fourth-order valence-corrected chi connectivity index (χ4v) is 1.22. The normalized spacial score (nSPS) is 10.6. The summed E-state index contributed by atoms with van der Waals surface area (Å²) in [6.45, 7) is 2.13. The SMILES string of the molecule is CCc1c[nH]c2nnccc12. The van der Waals surface area contributed by atoms with E-state index in [0.717, 1.165) is 12.1 Å². The van der Waals surface area contributed by atoms with Crippen LogP contribution < -0.4 is 0 Å². The minimum Gasteiger partial charge on any atom is -0.344 e. The third-order valence-electron chi connectivity index (χ3n) is 1.83. The smallest absolute Gasteiger partial charge is 0.160 e. The molecule has 0 spiro atoms. The lowest BCUT2D eigenvalue weighted by molar-refractivity contribution is 1.06. The van der Waals surface area contributed by atoms with Gasteiger partial charge in [0.1, 0.15) is 0 Å². The molecule has 2 aromatic heterocycles. The van der Waals surface area contributed by atoms with Gasteiger partial charge in [0.25, 0.3) is 0 Å². The molecule has 0 aliphatic rings. The average molecular weight is 147 g/mol. The molecular weight excluding hydrogens is 138 g/mol. The van der Waals surface area contributed by atoms with Gasteiger partial charge in [-0.3, -0.25) is 0 Å². The summed E-state index contributed by atoms with van der Waals surface area (Å²) in [5, 5.41) is 8.91. The molecule has 0 atom stereocenters. The highest BCUT2D eigenvalue weighted by atomic mass is 15.1. The van der Waals surface area contributed by atoms with Gasteiger partial charge in [-0.1, -0.05) is 6.92 Å². The van der Waals surface area contributed by atoms with Gasteiger partial charge in [0.15, 0.2) is 5.65 Å². The van der Waals surface area contributed by atoms with Crippen molar-refractivity contribution in [1.29, 1.82) is 0 Å². The van der Waals surface area contributed by atoms with Crippen molar-refractivity contribution in [1.82, 2.24) is 15.2 Å². The molecule has 0 saturated heterocycles. The Hall–Kier alpha value is -1.38. The summed E-state index contributed by atoms with van der Waals surface area (Å²) in [6, 6.07) is 1.98. The molecule has 1 N–H and O–H groups in total. The topological polar surface area (TPSA) is 41.6 Å².